The normalized spacial score (nSPS) is 14.6. The van der Waals surface area contributed by atoms with Crippen molar-refractivity contribution >= 4 is 17.2 Å². The highest BCUT2D eigenvalue weighted by Crippen LogP contribution is 2.15. The van der Waals surface area contributed by atoms with Gasteiger partial charge in [-0.05, 0) is 41.7 Å². The topological polar surface area (TPSA) is 49.3 Å². The Labute approximate surface area is 107 Å². The Morgan fingerprint density at radius 2 is 2.29 bits per heavy atom. The summed E-state index contributed by atoms with van der Waals surface area (Å²) in [5, 5.41) is 16.7. The van der Waals surface area contributed by atoms with Crippen molar-refractivity contribution in [2.24, 2.45) is 5.92 Å². The lowest BCUT2D eigenvalue weighted by molar-refractivity contribution is -0.121. The van der Waals surface area contributed by atoms with Gasteiger partial charge in [0.25, 0.3) is 0 Å². The van der Waals surface area contributed by atoms with Crippen LogP contribution in [0.5, 0.6) is 0 Å². The maximum atomic E-state index is 11.6. The summed E-state index contributed by atoms with van der Waals surface area (Å²) in [5.41, 5.74) is 0.203. The molecule has 1 amide bonds. The molecule has 0 aliphatic carbocycles. The Kier molecular flexibility index (Phi) is 5.15. The Bertz CT molecular complexity index is 344. The fourth-order valence-corrected chi connectivity index (χ4v) is 2.55. The van der Waals surface area contributed by atoms with Crippen molar-refractivity contribution in [2.45, 2.75) is 39.2 Å². The lowest BCUT2D eigenvalue weighted by Gasteiger charge is -2.25. The summed E-state index contributed by atoms with van der Waals surface area (Å²) in [6, 6.07) is 1.94. The first-order chi connectivity index (χ1) is 7.89. The van der Waals surface area contributed by atoms with Gasteiger partial charge < -0.3 is 10.4 Å². The van der Waals surface area contributed by atoms with E-state index in [2.05, 4.69) is 19.2 Å². The average molecular weight is 255 g/mol. The molecule has 1 heterocycles. The summed E-state index contributed by atoms with van der Waals surface area (Å²) >= 11 is 1.58. The summed E-state index contributed by atoms with van der Waals surface area (Å²) in [6.45, 7) is 6.19. The Balaban J connectivity index is 2.32. The monoisotopic (exact) mass is 255 g/mol. The van der Waals surface area contributed by atoms with Gasteiger partial charge in [0.1, 0.15) is 0 Å². The molecule has 0 radical (unpaired) electrons. The first-order valence-electron chi connectivity index (χ1n) is 5.89. The second-order valence-electron chi connectivity index (χ2n) is 5.18. The van der Waals surface area contributed by atoms with Crippen LogP contribution in [-0.4, -0.2) is 23.2 Å². The standard InChI is InChI=1S/C13H21NO2S/c1-10(2)7-13(3,16)9-14-12(15)6-11-4-5-17-8-11/h4-5,8,10,16H,6-7,9H2,1-3H3,(H,14,15). The maximum absolute atomic E-state index is 11.6. The molecule has 1 aromatic heterocycles. The third-order valence-electron chi connectivity index (χ3n) is 2.46. The SMILES string of the molecule is CC(C)CC(C)(O)CNC(=O)Cc1ccsc1. The number of hydrogen-bond acceptors (Lipinski definition) is 3. The zero-order chi connectivity index (χ0) is 12.9. The zero-order valence-corrected chi connectivity index (χ0v) is 11.5. The minimum Gasteiger partial charge on any atom is -0.388 e. The van der Waals surface area contributed by atoms with Gasteiger partial charge in [0.15, 0.2) is 0 Å². The molecule has 1 rings (SSSR count). The summed E-state index contributed by atoms with van der Waals surface area (Å²) in [4.78, 5) is 11.6. The van der Waals surface area contributed by atoms with E-state index in [1.165, 1.54) is 0 Å². The van der Waals surface area contributed by atoms with Crippen LogP contribution in [0, 0.1) is 5.92 Å². The molecule has 0 aromatic carbocycles. The van der Waals surface area contributed by atoms with Crippen molar-refractivity contribution in [3.8, 4) is 0 Å². The van der Waals surface area contributed by atoms with E-state index in [0.29, 0.717) is 25.3 Å². The van der Waals surface area contributed by atoms with Crippen LogP contribution in [0.1, 0.15) is 32.8 Å². The van der Waals surface area contributed by atoms with E-state index in [1.54, 1.807) is 18.3 Å². The maximum Gasteiger partial charge on any atom is 0.224 e. The fourth-order valence-electron chi connectivity index (χ4n) is 1.88. The van der Waals surface area contributed by atoms with Gasteiger partial charge in [-0.1, -0.05) is 13.8 Å². The molecular weight excluding hydrogens is 234 g/mol. The Morgan fingerprint density at radius 3 is 2.82 bits per heavy atom. The third-order valence-corrected chi connectivity index (χ3v) is 3.19. The average Bonchev–Trinajstić information content (AvgIpc) is 2.65. The van der Waals surface area contributed by atoms with E-state index in [1.807, 2.05) is 16.8 Å². The highest BCUT2D eigenvalue weighted by atomic mass is 32.1. The highest BCUT2D eigenvalue weighted by Gasteiger charge is 2.22. The molecule has 4 heteroatoms. The number of carbonyl (C=O) groups excluding carboxylic acids is 1. The summed E-state index contributed by atoms with van der Waals surface area (Å²) in [6.07, 6.45) is 1.08. The first kappa shape index (κ1) is 14.2. The minimum absolute atomic E-state index is 0.0348. The van der Waals surface area contributed by atoms with Crippen molar-refractivity contribution < 1.29 is 9.90 Å². The first-order valence-corrected chi connectivity index (χ1v) is 6.83. The number of rotatable bonds is 6. The van der Waals surface area contributed by atoms with E-state index in [-0.39, 0.29) is 5.91 Å². The van der Waals surface area contributed by atoms with Crippen molar-refractivity contribution in [2.75, 3.05) is 6.54 Å². The molecule has 1 aromatic rings. The Morgan fingerprint density at radius 1 is 1.59 bits per heavy atom. The molecule has 1 unspecified atom stereocenters. The van der Waals surface area contributed by atoms with E-state index in [4.69, 9.17) is 0 Å². The largest absolute Gasteiger partial charge is 0.388 e. The smallest absolute Gasteiger partial charge is 0.224 e. The van der Waals surface area contributed by atoms with Gasteiger partial charge in [-0.25, -0.2) is 0 Å². The predicted octanol–water partition coefficient (Wildman–Crippen LogP) is 2.20. The second-order valence-corrected chi connectivity index (χ2v) is 5.96. The van der Waals surface area contributed by atoms with Crippen molar-refractivity contribution in [1.82, 2.24) is 5.32 Å². The molecule has 3 nitrogen and oxygen atoms in total. The van der Waals surface area contributed by atoms with E-state index < -0.39 is 5.60 Å². The molecule has 0 saturated carbocycles. The molecule has 0 aliphatic heterocycles. The molecule has 0 fully saturated rings. The number of nitrogens with one attached hydrogen (secondary N) is 1. The number of hydrogen-bond donors (Lipinski definition) is 2. The van der Waals surface area contributed by atoms with Gasteiger partial charge in [-0.3, -0.25) is 4.79 Å². The van der Waals surface area contributed by atoms with Crippen molar-refractivity contribution in [3.05, 3.63) is 22.4 Å². The fraction of sp³-hybridized carbons (Fsp3) is 0.615. The lowest BCUT2D eigenvalue weighted by Crippen LogP contribution is -2.41. The molecule has 0 spiro atoms. The minimum atomic E-state index is -0.821. The van der Waals surface area contributed by atoms with Crippen LogP contribution < -0.4 is 5.32 Å². The molecule has 0 bridgehead atoms. The lowest BCUT2D eigenvalue weighted by atomic mass is 9.94. The van der Waals surface area contributed by atoms with Crippen LogP contribution in [0.2, 0.25) is 0 Å². The predicted molar refractivity (Wildman–Crippen MR) is 71.1 cm³/mol. The molecular formula is C13H21NO2S. The van der Waals surface area contributed by atoms with Crippen LogP contribution >= 0.6 is 11.3 Å². The zero-order valence-electron chi connectivity index (χ0n) is 10.7. The summed E-state index contributed by atoms with van der Waals surface area (Å²) in [7, 11) is 0. The van der Waals surface area contributed by atoms with Crippen molar-refractivity contribution in [3.63, 3.8) is 0 Å². The number of amides is 1. The van der Waals surface area contributed by atoms with Gasteiger partial charge in [0.2, 0.25) is 5.91 Å². The molecule has 17 heavy (non-hydrogen) atoms. The van der Waals surface area contributed by atoms with Crippen LogP contribution in [0.4, 0.5) is 0 Å². The van der Waals surface area contributed by atoms with E-state index in [9.17, 15) is 9.90 Å². The van der Waals surface area contributed by atoms with Crippen LogP contribution in [0.15, 0.2) is 16.8 Å². The number of carbonyl (C=O) groups is 1. The van der Waals surface area contributed by atoms with Gasteiger partial charge in [-0.2, -0.15) is 11.3 Å². The number of thiophene rings is 1. The molecule has 96 valence electrons. The van der Waals surface area contributed by atoms with Gasteiger partial charge in [0, 0.05) is 6.54 Å². The molecule has 0 saturated heterocycles. The molecule has 2 N–H and O–H groups in total. The van der Waals surface area contributed by atoms with E-state index >= 15 is 0 Å². The third kappa shape index (κ3) is 5.84. The van der Waals surface area contributed by atoms with E-state index in [0.717, 1.165) is 5.56 Å². The van der Waals surface area contributed by atoms with Crippen molar-refractivity contribution in [1.29, 1.82) is 0 Å². The van der Waals surface area contributed by atoms with Gasteiger partial charge in [0.05, 0.1) is 12.0 Å². The second kappa shape index (κ2) is 6.17. The Hall–Kier alpha value is -0.870. The number of aliphatic hydroxyl groups is 1. The van der Waals surface area contributed by atoms with Crippen LogP contribution in [0.3, 0.4) is 0 Å². The van der Waals surface area contributed by atoms with Gasteiger partial charge >= 0.3 is 0 Å². The van der Waals surface area contributed by atoms with Gasteiger partial charge in [-0.15, -0.1) is 0 Å². The highest BCUT2D eigenvalue weighted by molar-refractivity contribution is 7.07. The molecule has 0 aliphatic rings. The van der Waals surface area contributed by atoms with Crippen LogP contribution in [-0.2, 0) is 11.2 Å². The van der Waals surface area contributed by atoms with Crippen LogP contribution in [0.25, 0.3) is 0 Å². The quantitative estimate of drug-likeness (QED) is 0.818. The summed E-state index contributed by atoms with van der Waals surface area (Å²) < 4.78 is 0. The summed E-state index contributed by atoms with van der Waals surface area (Å²) in [5.74, 6) is 0.381. The molecule has 1 atom stereocenters.